The number of nitrogens with two attached hydrogens (primary N) is 1. The van der Waals surface area contributed by atoms with Crippen LogP contribution in [0.15, 0.2) is 0 Å². The molecule has 0 aliphatic carbocycles. The van der Waals surface area contributed by atoms with Gasteiger partial charge in [-0.25, -0.2) is 0 Å². The fourth-order valence-electron chi connectivity index (χ4n) is 1.68. The molecule has 0 fully saturated rings. The van der Waals surface area contributed by atoms with E-state index in [9.17, 15) is 0 Å². The standard InChI is InChI=1S/C10H23N/c1-5-7-9(8(3)4)10(11)6-2/h8-10H,5-7,11H2,1-4H3. The average Bonchev–Trinajstić information content (AvgIpc) is 1.98. The molecular weight excluding hydrogens is 134 g/mol. The lowest BCUT2D eigenvalue weighted by Crippen LogP contribution is -2.32. The van der Waals surface area contributed by atoms with E-state index in [1.165, 1.54) is 12.8 Å². The molecule has 0 bridgehead atoms. The summed E-state index contributed by atoms with van der Waals surface area (Å²) in [6.45, 7) is 8.96. The summed E-state index contributed by atoms with van der Waals surface area (Å²) in [5.74, 6) is 1.47. The third-order valence-corrected chi connectivity index (χ3v) is 2.50. The first-order chi connectivity index (χ1) is 5.13. The molecule has 0 rings (SSSR count). The molecule has 1 heteroatoms. The van der Waals surface area contributed by atoms with Crippen LogP contribution >= 0.6 is 0 Å². The predicted molar refractivity (Wildman–Crippen MR) is 51.5 cm³/mol. The lowest BCUT2D eigenvalue weighted by molar-refractivity contribution is 0.290. The lowest BCUT2D eigenvalue weighted by Gasteiger charge is -2.25. The summed E-state index contributed by atoms with van der Waals surface area (Å²) in [4.78, 5) is 0. The molecule has 68 valence electrons. The third kappa shape index (κ3) is 3.76. The minimum atomic E-state index is 0.412. The minimum absolute atomic E-state index is 0.412. The highest BCUT2D eigenvalue weighted by Crippen LogP contribution is 2.21. The molecule has 0 aromatic heterocycles. The molecule has 2 unspecified atom stereocenters. The zero-order chi connectivity index (χ0) is 8.85. The average molecular weight is 157 g/mol. The van der Waals surface area contributed by atoms with Gasteiger partial charge in [-0.1, -0.05) is 34.1 Å². The first kappa shape index (κ1) is 11.0. The molecular formula is C10H23N. The maximum Gasteiger partial charge on any atom is 0.00669 e. The van der Waals surface area contributed by atoms with Crippen LogP contribution in [0.2, 0.25) is 0 Å². The van der Waals surface area contributed by atoms with Crippen molar-refractivity contribution in [2.24, 2.45) is 17.6 Å². The Bertz CT molecular complexity index is 88.9. The second kappa shape index (κ2) is 5.59. The van der Waals surface area contributed by atoms with Gasteiger partial charge in [-0.05, 0) is 24.7 Å². The van der Waals surface area contributed by atoms with Gasteiger partial charge in [0.15, 0.2) is 0 Å². The Labute approximate surface area is 71.4 Å². The molecule has 0 heterocycles. The molecule has 0 radical (unpaired) electrons. The Morgan fingerprint density at radius 2 is 1.73 bits per heavy atom. The van der Waals surface area contributed by atoms with Crippen molar-refractivity contribution in [1.29, 1.82) is 0 Å². The number of hydrogen-bond acceptors (Lipinski definition) is 1. The van der Waals surface area contributed by atoms with Crippen LogP contribution in [0.3, 0.4) is 0 Å². The van der Waals surface area contributed by atoms with Crippen molar-refractivity contribution in [3.8, 4) is 0 Å². The summed E-state index contributed by atoms with van der Waals surface area (Å²) in [6.07, 6.45) is 3.66. The van der Waals surface area contributed by atoms with Gasteiger partial charge in [-0.2, -0.15) is 0 Å². The van der Waals surface area contributed by atoms with Crippen LogP contribution in [0, 0.1) is 11.8 Å². The summed E-state index contributed by atoms with van der Waals surface area (Å²) in [5.41, 5.74) is 6.00. The Kier molecular flexibility index (Phi) is 5.57. The molecule has 1 nitrogen and oxygen atoms in total. The zero-order valence-corrected chi connectivity index (χ0v) is 8.43. The van der Waals surface area contributed by atoms with E-state index in [1.54, 1.807) is 0 Å². The highest BCUT2D eigenvalue weighted by molar-refractivity contribution is 4.73. The fourth-order valence-corrected chi connectivity index (χ4v) is 1.68. The van der Waals surface area contributed by atoms with Gasteiger partial charge in [0.05, 0.1) is 0 Å². The zero-order valence-electron chi connectivity index (χ0n) is 8.43. The normalized spacial score (nSPS) is 16.9. The molecule has 0 aromatic rings. The second-order valence-corrected chi connectivity index (χ2v) is 3.77. The van der Waals surface area contributed by atoms with Crippen molar-refractivity contribution in [3.05, 3.63) is 0 Å². The van der Waals surface area contributed by atoms with Gasteiger partial charge in [0.2, 0.25) is 0 Å². The molecule has 0 aliphatic heterocycles. The summed E-state index contributed by atoms with van der Waals surface area (Å²) in [5, 5.41) is 0. The monoisotopic (exact) mass is 157 g/mol. The Morgan fingerprint density at radius 1 is 1.18 bits per heavy atom. The SMILES string of the molecule is CCCC(C(C)C)C(N)CC. The molecule has 0 saturated carbocycles. The molecule has 0 saturated heterocycles. The van der Waals surface area contributed by atoms with E-state index >= 15 is 0 Å². The largest absolute Gasteiger partial charge is 0.327 e. The van der Waals surface area contributed by atoms with E-state index in [4.69, 9.17) is 5.73 Å². The van der Waals surface area contributed by atoms with Gasteiger partial charge in [0, 0.05) is 6.04 Å². The first-order valence-electron chi connectivity index (χ1n) is 4.89. The highest BCUT2D eigenvalue weighted by atomic mass is 14.6. The van der Waals surface area contributed by atoms with Gasteiger partial charge in [0.1, 0.15) is 0 Å². The number of rotatable bonds is 5. The molecule has 0 aliphatic rings. The van der Waals surface area contributed by atoms with Gasteiger partial charge < -0.3 is 5.73 Å². The predicted octanol–water partition coefficient (Wildman–Crippen LogP) is 2.80. The van der Waals surface area contributed by atoms with Crippen molar-refractivity contribution in [2.75, 3.05) is 0 Å². The maximum absolute atomic E-state index is 6.00. The first-order valence-corrected chi connectivity index (χ1v) is 4.89. The third-order valence-electron chi connectivity index (χ3n) is 2.50. The van der Waals surface area contributed by atoms with E-state index in [0.717, 1.165) is 18.3 Å². The lowest BCUT2D eigenvalue weighted by atomic mass is 9.84. The molecule has 11 heavy (non-hydrogen) atoms. The molecule has 2 atom stereocenters. The minimum Gasteiger partial charge on any atom is -0.327 e. The van der Waals surface area contributed by atoms with Crippen molar-refractivity contribution < 1.29 is 0 Å². The van der Waals surface area contributed by atoms with Gasteiger partial charge in [0.25, 0.3) is 0 Å². The molecule has 0 amide bonds. The highest BCUT2D eigenvalue weighted by Gasteiger charge is 2.18. The Hall–Kier alpha value is -0.0400. The quantitative estimate of drug-likeness (QED) is 0.652. The van der Waals surface area contributed by atoms with Crippen molar-refractivity contribution in [3.63, 3.8) is 0 Å². The van der Waals surface area contributed by atoms with E-state index in [0.29, 0.717) is 6.04 Å². The van der Waals surface area contributed by atoms with Crippen molar-refractivity contribution >= 4 is 0 Å². The van der Waals surface area contributed by atoms with Crippen LogP contribution in [-0.4, -0.2) is 6.04 Å². The Morgan fingerprint density at radius 3 is 2.00 bits per heavy atom. The summed E-state index contributed by atoms with van der Waals surface area (Å²) in [7, 11) is 0. The summed E-state index contributed by atoms with van der Waals surface area (Å²) < 4.78 is 0. The van der Waals surface area contributed by atoms with Crippen LogP contribution < -0.4 is 5.73 Å². The van der Waals surface area contributed by atoms with Crippen LogP contribution in [0.4, 0.5) is 0 Å². The van der Waals surface area contributed by atoms with E-state index < -0.39 is 0 Å². The van der Waals surface area contributed by atoms with Gasteiger partial charge in [-0.3, -0.25) is 0 Å². The van der Waals surface area contributed by atoms with Crippen LogP contribution in [0.5, 0.6) is 0 Å². The molecule has 2 N–H and O–H groups in total. The Balaban J connectivity index is 3.87. The van der Waals surface area contributed by atoms with Gasteiger partial charge in [-0.15, -0.1) is 0 Å². The van der Waals surface area contributed by atoms with Crippen molar-refractivity contribution in [2.45, 2.75) is 53.0 Å². The molecule has 0 spiro atoms. The van der Waals surface area contributed by atoms with Crippen LogP contribution in [0.1, 0.15) is 47.0 Å². The van der Waals surface area contributed by atoms with Crippen LogP contribution in [0.25, 0.3) is 0 Å². The smallest absolute Gasteiger partial charge is 0.00669 e. The summed E-state index contributed by atoms with van der Waals surface area (Å²) in [6, 6.07) is 0.412. The van der Waals surface area contributed by atoms with E-state index in [-0.39, 0.29) is 0 Å². The molecule has 0 aromatic carbocycles. The van der Waals surface area contributed by atoms with Crippen molar-refractivity contribution in [1.82, 2.24) is 0 Å². The van der Waals surface area contributed by atoms with E-state index in [2.05, 4.69) is 27.7 Å². The second-order valence-electron chi connectivity index (χ2n) is 3.77. The fraction of sp³-hybridized carbons (Fsp3) is 1.00. The van der Waals surface area contributed by atoms with Gasteiger partial charge >= 0.3 is 0 Å². The number of hydrogen-bond donors (Lipinski definition) is 1. The summed E-state index contributed by atoms with van der Waals surface area (Å²) >= 11 is 0. The van der Waals surface area contributed by atoms with Crippen LogP contribution in [-0.2, 0) is 0 Å². The topological polar surface area (TPSA) is 26.0 Å². The van der Waals surface area contributed by atoms with E-state index in [1.807, 2.05) is 0 Å². The maximum atomic E-state index is 6.00.